The van der Waals surface area contributed by atoms with E-state index in [1.165, 1.54) is 12.3 Å². The summed E-state index contributed by atoms with van der Waals surface area (Å²) in [7, 11) is -6.75. The first kappa shape index (κ1) is 30.3. The topological polar surface area (TPSA) is 206 Å². The van der Waals surface area contributed by atoms with Crippen molar-refractivity contribution >= 4 is 43.2 Å². The van der Waals surface area contributed by atoms with Crippen LogP contribution in [0.3, 0.4) is 0 Å². The van der Waals surface area contributed by atoms with Gasteiger partial charge >= 0.3 is 6.09 Å². The average molecular weight is 562 g/mol. The normalized spacial score (nSPS) is 12.0. The number of carboxylic acid groups (broad SMARTS) is 1. The first-order chi connectivity index (χ1) is 17.7. The molecule has 0 bridgehead atoms. The Labute approximate surface area is 222 Å². The summed E-state index contributed by atoms with van der Waals surface area (Å²) < 4.78 is 45.2. The van der Waals surface area contributed by atoms with Crippen molar-refractivity contribution in [1.82, 2.24) is 0 Å². The number of sulfone groups is 1. The molecule has 0 aliphatic heterocycles. The summed E-state index contributed by atoms with van der Waals surface area (Å²) >= 11 is 0. The van der Waals surface area contributed by atoms with Crippen molar-refractivity contribution in [1.29, 1.82) is 5.41 Å². The lowest BCUT2D eigenvalue weighted by Gasteiger charge is -2.15. The Balaban J connectivity index is 0.000000269. The van der Waals surface area contributed by atoms with Crippen molar-refractivity contribution in [3.05, 3.63) is 78.4 Å². The molecule has 204 valence electrons. The zero-order valence-electron chi connectivity index (χ0n) is 20.9. The summed E-state index contributed by atoms with van der Waals surface area (Å²) in [4.78, 5) is 10.5. The number of amidine groups is 1. The van der Waals surface area contributed by atoms with Crippen LogP contribution in [0, 0.1) is 5.41 Å². The Bertz CT molecular complexity index is 1490. The van der Waals surface area contributed by atoms with E-state index in [4.69, 9.17) is 21.4 Å². The molecule has 0 spiro atoms. The molecule has 0 aliphatic rings. The van der Waals surface area contributed by atoms with Crippen LogP contribution in [-0.2, 0) is 19.9 Å². The van der Waals surface area contributed by atoms with Gasteiger partial charge < -0.3 is 16.2 Å². The molecule has 0 aliphatic carbocycles. The first-order valence-corrected chi connectivity index (χ1v) is 14.9. The number of benzene rings is 3. The van der Waals surface area contributed by atoms with Crippen LogP contribution in [0.5, 0.6) is 0 Å². The Hall–Kier alpha value is -3.94. The van der Waals surface area contributed by atoms with E-state index in [2.05, 4.69) is 10.6 Å². The molecule has 0 radical (unpaired) electrons. The number of hydrogen-bond donors (Lipinski definition) is 6. The SMILES string of the molecule is C[C@@H](CCS(C)(=O)=O)Nc1cccc(C(=N)N)c1.NS(=O)(=O)c1ccccc1-c1ccc(NC(=O)O)cc1. The van der Waals surface area contributed by atoms with Crippen molar-refractivity contribution in [2.75, 3.05) is 22.6 Å². The number of sulfonamides is 1. The quantitative estimate of drug-likeness (QED) is 0.168. The molecule has 0 aromatic heterocycles. The number of hydrogen-bond acceptors (Lipinski definition) is 7. The van der Waals surface area contributed by atoms with Crippen LogP contribution in [-0.4, -0.2) is 51.9 Å². The van der Waals surface area contributed by atoms with E-state index < -0.39 is 26.0 Å². The van der Waals surface area contributed by atoms with Crippen LogP contribution in [0.1, 0.15) is 18.9 Å². The lowest BCUT2D eigenvalue weighted by Crippen LogP contribution is -2.20. The summed E-state index contributed by atoms with van der Waals surface area (Å²) in [5.74, 6) is 0.176. The standard InChI is InChI=1S/C13H12N2O4S.C12H19N3O2S/c14-20(18,19)12-4-2-1-3-11(12)9-5-7-10(8-6-9)15-13(16)17;1-9(6-7-18(2,16)17)15-11-5-3-4-10(8-11)12(13)14/h1-8,15H,(H,16,17)(H2,14,18,19);3-5,8-9,15H,6-7H2,1-2H3,(H3,13,14)/t;9-/m.0/s1. The number of primary sulfonamides is 1. The molecule has 0 saturated heterocycles. The van der Waals surface area contributed by atoms with Crippen molar-refractivity contribution in [3.8, 4) is 11.1 Å². The van der Waals surface area contributed by atoms with Gasteiger partial charge in [0.05, 0.1) is 10.6 Å². The van der Waals surface area contributed by atoms with Gasteiger partial charge in [-0.1, -0.05) is 42.5 Å². The summed E-state index contributed by atoms with van der Waals surface area (Å²) in [6.45, 7) is 1.92. The van der Waals surface area contributed by atoms with Crippen molar-refractivity contribution < 1.29 is 26.7 Å². The number of rotatable bonds is 9. The highest BCUT2D eigenvalue weighted by Crippen LogP contribution is 2.27. The maximum absolute atomic E-state index is 11.5. The predicted octanol–water partition coefficient (Wildman–Crippen LogP) is 3.30. The van der Waals surface area contributed by atoms with Crippen LogP contribution < -0.4 is 21.5 Å². The van der Waals surface area contributed by atoms with Gasteiger partial charge in [0.2, 0.25) is 10.0 Å². The van der Waals surface area contributed by atoms with Gasteiger partial charge in [0.25, 0.3) is 0 Å². The van der Waals surface area contributed by atoms with Gasteiger partial charge in [-0.15, -0.1) is 0 Å². The second-order valence-corrected chi connectivity index (χ2v) is 12.3. The van der Waals surface area contributed by atoms with E-state index in [1.807, 2.05) is 19.1 Å². The molecule has 3 rings (SSSR count). The molecule has 0 fully saturated rings. The lowest BCUT2D eigenvalue weighted by atomic mass is 10.1. The highest BCUT2D eigenvalue weighted by molar-refractivity contribution is 7.90. The van der Waals surface area contributed by atoms with Crippen LogP contribution >= 0.6 is 0 Å². The predicted molar refractivity (Wildman–Crippen MR) is 150 cm³/mol. The summed E-state index contributed by atoms with van der Waals surface area (Å²) in [6, 6.07) is 19.9. The summed E-state index contributed by atoms with van der Waals surface area (Å²) in [5, 5.41) is 26.5. The third-order valence-corrected chi connectivity index (χ3v) is 7.10. The molecule has 1 atom stereocenters. The molecule has 0 saturated carbocycles. The van der Waals surface area contributed by atoms with Crippen LogP contribution in [0.4, 0.5) is 16.2 Å². The Morgan fingerprint density at radius 3 is 2.16 bits per heavy atom. The summed E-state index contributed by atoms with van der Waals surface area (Å²) in [6.07, 6.45) is 0.613. The van der Waals surface area contributed by atoms with E-state index >= 15 is 0 Å². The second kappa shape index (κ2) is 13.0. The van der Waals surface area contributed by atoms with E-state index in [9.17, 15) is 21.6 Å². The van der Waals surface area contributed by atoms with Gasteiger partial charge in [-0.25, -0.2) is 26.8 Å². The zero-order chi connectivity index (χ0) is 28.5. The van der Waals surface area contributed by atoms with Crippen LogP contribution in [0.2, 0.25) is 0 Å². The largest absolute Gasteiger partial charge is 0.465 e. The molecule has 11 nitrogen and oxygen atoms in total. The number of nitrogens with two attached hydrogens (primary N) is 2. The van der Waals surface area contributed by atoms with Gasteiger partial charge in [0.15, 0.2) is 0 Å². The minimum atomic E-state index is -3.82. The monoisotopic (exact) mass is 561 g/mol. The minimum absolute atomic E-state index is 0.0161. The molecule has 8 N–H and O–H groups in total. The Morgan fingerprint density at radius 1 is 0.974 bits per heavy atom. The first-order valence-electron chi connectivity index (χ1n) is 11.3. The van der Waals surface area contributed by atoms with Gasteiger partial charge in [-0.05, 0) is 49.2 Å². The molecule has 0 heterocycles. The fourth-order valence-electron chi connectivity index (χ4n) is 3.33. The van der Waals surface area contributed by atoms with Crippen LogP contribution in [0.15, 0.2) is 77.7 Å². The van der Waals surface area contributed by atoms with Gasteiger partial charge in [0, 0.05) is 34.8 Å². The van der Waals surface area contributed by atoms with Crippen molar-refractivity contribution in [3.63, 3.8) is 0 Å². The lowest BCUT2D eigenvalue weighted by molar-refractivity contribution is 0.209. The third kappa shape index (κ3) is 10.2. The average Bonchev–Trinajstić information content (AvgIpc) is 2.82. The third-order valence-electron chi connectivity index (χ3n) is 5.15. The van der Waals surface area contributed by atoms with Crippen LogP contribution in [0.25, 0.3) is 11.1 Å². The second-order valence-electron chi connectivity index (χ2n) is 8.51. The number of nitrogens with one attached hydrogen (secondary N) is 3. The maximum atomic E-state index is 11.5. The molecular weight excluding hydrogens is 530 g/mol. The van der Waals surface area contributed by atoms with Crippen molar-refractivity contribution in [2.45, 2.75) is 24.3 Å². The van der Waals surface area contributed by atoms with Gasteiger partial charge in [-0.2, -0.15) is 0 Å². The van der Waals surface area contributed by atoms with E-state index in [0.717, 1.165) is 5.69 Å². The van der Waals surface area contributed by atoms with E-state index in [0.29, 0.717) is 28.8 Å². The molecule has 38 heavy (non-hydrogen) atoms. The fraction of sp³-hybridized carbons (Fsp3) is 0.200. The number of amides is 1. The number of carbonyl (C=O) groups is 1. The van der Waals surface area contributed by atoms with Gasteiger partial charge in [0.1, 0.15) is 15.7 Å². The molecule has 3 aromatic carbocycles. The molecule has 13 heteroatoms. The molecule has 1 amide bonds. The number of anilines is 2. The fourth-order valence-corrected chi connectivity index (χ4v) is 4.88. The Morgan fingerprint density at radius 2 is 1.61 bits per heavy atom. The van der Waals surface area contributed by atoms with E-state index in [-0.39, 0.29) is 22.5 Å². The number of nitrogen functional groups attached to an aromatic ring is 1. The molecule has 0 unspecified atom stereocenters. The maximum Gasteiger partial charge on any atom is 0.409 e. The van der Waals surface area contributed by atoms with Crippen molar-refractivity contribution in [2.24, 2.45) is 10.9 Å². The highest BCUT2D eigenvalue weighted by atomic mass is 32.2. The molecule has 3 aromatic rings. The van der Waals surface area contributed by atoms with Gasteiger partial charge in [-0.3, -0.25) is 10.7 Å². The highest BCUT2D eigenvalue weighted by Gasteiger charge is 2.14. The smallest absolute Gasteiger partial charge is 0.409 e. The summed E-state index contributed by atoms with van der Waals surface area (Å²) in [5.41, 5.74) is 8.39. The minimum Gasteiger partial charge on any atom is -0.465 e. The zero-order valence-corrected chi connectivity index (χ0v) is 22.5. The van der Waals surface area contributed by atoms with E-state index in [1.54, 1.807) is 54.6 Å². The molecular formula is C25H31N5O6S2. The Kier molecular flexibility index (Phi) is 10.4.